The van der Waals surface area contributed by atoms with E-state index in [9.17, 15) is 0 Å². The van der Waals surface area contributed by atoms with Crippen molar-refractivity contribution in [3.63, 3.8) is 0 Å². The Bertz CT molecular complexity index is 348. The van der Waals surface area contributed by atoms with E-state index in [0.717, 1.165) is 16.9 Å². The largest absolute Gasteiger partial charge is 0.377 e. The van der Waals surface area contributed by atoms with Gasteiger partial charge >= 0.3 is 0 Å². The van der Waals surface area contributed by atoms with E-state index in [1.165, 1.54) is 0 Å². The second-order valence-electron chi connectivity index (χ2n) is 2.56. The second-order valence-corrected chi connectivity index (χ2v) is 2.56. The van der Waals surface area contributed by atoms with Crippen molar-refractivity contribution in [2.24, 2.45) is 0 Å². The molecule has 3 heteroatoms. The van der Waals surface area contributed by atoms with Crippen LogP contribution in [-0.2, 0) is 11.3 Å². The van der Waals surface area contributed by atoms with Crippen molar-refractivity contribution in [3.8, 4) is 0 Å². The Morgan fingerprint density at radius 3 is 3.33 bits per heavy atom. The Labute approximate surface area is 70.4 Å². The molecule has 12 heavy (non-hydrogen) atoms. The lowest BCUT2D eigenvalue weighted by molar-refractivity contribution is 0.179. The number of hydrogen-bond donors (Lipinski definition) is 1. The van der Waals surface area contributed by atoms with Gasteiger partial charge in [-0.05, 0) is 18.2 Å². The Morgan fingerprint density at radius 1 is 1.67 bits per heavy atom. The minimum Gasteiger partial charge on any atom is -0.377 e. The van der Waals surface area contributed by atoms with Gasteiger partial charge in [-0.3, -0.25) is 0 Å². The number of methoxy groups -OCH3 is 1. The summed E-state index contributed by atoms with van der Waals surface area (Å²) in [7, 11) is 1.65. The third-order valence-electron chi connectivity index (χ3n) is 1.66. The summed E-state index contributed by atoms with van der Waals surface area (Å²) in [5, 5.41) is 0. The Kier molecular flexibility index (Phi) is 1.80. The lowest BCUT2D eigenvalue weighted by atomic mass is 10.3. The predicted molar refractivity (Wildman–Crippen MR) is 45.6 cm³/mol. The summed E-state index contributed by atoms with van der Waals surface area (Å²) in [6.07, 6.45) is 0. The van der Waals surface area contributed by atoms with Gasteiger partial charge in [0, 0.05) is 7.11 Å². The highest BCUT2D eigenvalue weighted by Gasteiger charge is 1.99. The van der Waals surface area contributed by atoms with Crippen molar-refractivity contribution in [2.45, 2.75) is 6.61 Å². The van der Waals surface area contributed by atoms with Gasteiger partial charge in [0.25, 0.3) is 0 Å². The summed E-state index contributed by atoms with van der Waals surface area (Å²) in [6, 6.07) is 8.62. The minimum absolute atomic E-state index is 0.522. The molecule has 2 rings (SSSR count). The minimum atomic E-state index is 0.522. The average Bonchev–Trinajstić information content (AvgIpc) is 2.47. The van der Waals surface area contributed by atoms with Gasteiger partial charge in [-0.25, -0.2) is 4.98 Å². The molecule has 1 radical (unpaired) electrons. The van der Waals surface area contributed by atoms with E-state index in [-0.39, 0.29) is 0 Å². The third kappa shape index (κ3) is 1.19. The second kappa shape index (κ2) is 2.95. The van der Waals surface area contributed by atoms with Crippen LogP contribution in [0.3, 0.4) is 0 Å². The summed E-state index contributed by atoms with van der Waals surface area (Å²) in [4.78, 5) is 7.43. The van der Waals surface area contributed by atoms with Gasteiger partial charge in [0.15, 0.2) is 0 Å². The van der Waals surface area contributed by atoms with Crippen molar-refractivity contribution in [3.05, 3.63) is 30.1 Å². The van der Waals surface area contributed by atoms with Crippen LogP contribution in [0, 0.1) is 6.07 Å². The number of nitrogens with zero attached hydrogens (tertiary/aromatic N) is 1. The first-order chi connectivity index (χ1) is 5.90. The van der Waals surface area contributed by atoms with Crippen LogP contribution in [0.2, 0.25) is 0 Å². The van der Waals surface area contributed by atoms with Crippen LogP contribution in [-0.4, -0.2) is 17.1 Å². The fourth-order valence-corrected chi connectivity index (χ4v) is 1.15. The standard InChI is InChI=1S/C9H9N2O/c1-12-6-9-10-7-4-2-3-5-8(7)11-9/h2,4-5H,6H2,1H3,(H,10,11). The highest BCUT2D eigenvalue weighted by Crippen LogP contribution is 2.09. The normalized spacial score (nSPS) is 10.8. The van der Waals surface area contributed by atoms with Crippen LogP contribution in [0.25, 0.3) is 11.0 Å². The molecule has 1 N–H and O–H groups in total. The van der Waals surface area contributed by atoms with Crippen LogP contribution >= 0.6 is 0 Å². The van der Waals surface area contributed by atoms with Crippen LogP contribution in [0.5, 0.6) is 0 Å². The van der Waals surface area contributed by atoms with E-state index in [2.05, 4.69) is 16.0 Å². The number of hydrogen-bond acceptors (Lipinski definition) is 2. The van der Waals surface area contributed by atoms with E-state index < -0.39 is 0 Å². The molecule has 0 saturated heterocycles. The van der Waals surface area contributed by atoms with Crippen LogP contribution in [0.15, 0.2) is 18.2 Å². The lowest BCUT2D eigenvalue weighted by Crippen LogP contribution is -1.88. The van der Waals surface area contributed by atoms with Crippen molar-refractivity contribution >= 4 is 11.0 Å². The molecule has 3 nitrogen and oxygen atoms in total. The van der Waals surface area contributed by atoms with E-state index in [1.54, 1.807) is 7.11 Å². The fourth-order valence-electron chi connectivity index (χ4n) is 1.15. The lowest BCUT2D eigenvalue weighted by Gasteiger charge is -1.89. The Balaban J connectivity index is 2.47. The van der Waals surface area contributed by atoms with Crippen LogP contribution in [0.4, 0.5) is 0 Å². The van der Waals surface area contributed by atoms with Crippen LogP contribution < -0.4 is 0 Å². The molecule has 0 bridgehead atoms. The van der Waals surface area contributed by atoms with E-state index in [0.29, 0.717) is 6.61 Å². The average molecular weight is 161 g/mol. The van der Waals surface area contributed by atoms with Gasteiger partial charge in [0.05, 0.1) is 11.0 Å². The molecule has 0 spiro atoms. The van der Waals surface area contributed by atoms with Gasteiger partial charge in [-0.2, -0.15) is 0 Å². The first-order valence-electron chi connectivity index (χ1n) is 3.74. The van der Waals surface area contributed by atoms with Gasteiger partial charge in [-0.15, -0.1) is 0 Å². The van der Waals surface area contributed by atoms with Crippen molar-refractivity contribution in [1.29, 1.82) is 0 Å². The van der Waals surface area contributed by atoms with Gasteiger partial charge in [-0.1, -0.05) is 6.07 Å². The van der Waals surface area contributed by atoms with Crippen molar-refractivity contribution in [1.82, 2.24) is 9.97 Å². The van der Waals surface area contributed by atoms with E-state index in [1.807, 2.05) is 18.2 Å². The number of H-pyrrole nitrogens is 1. The monoisotopic (exact) mass is 161 g/mol. The number of imidazole rings is 1. The predicted octanol–water partition coefficient (Wildman–Crippen LogP) is 1.51. The highest BCUT2D eigenvalue weighted by molar-refractivity contribution is 5.74. The number of fused-ring (bicyclic) bond motifs is 1. The SMILES string of the molecule is COCc1nc2cc[c]cc2[nH]1. The number of aromatic amines is 1. The van der Waals surface area contributed by atoms with E-state index >= 15 is 0 Å². The molecule has 0 aliphatic rings. The molecular weight excluding hydrogens is 152 g/mol. The quantitative estimate of drug-likeness (QED) is 0.725. The van der Waals surface area contributed by atoms with Gasteiger partial charge < -0.3 is 9.72 Å². The molecule has 0 aliphatic heterocycles. The first-order valence-corrected chi connectivity index (χ1v) is 3.74. The molecule has 0 unspecified atom stereocenters. The van der Waals surface area contributed by atoms with Crippen LogP contribution in [0.1, 0.15) is 5.82 Å². The first kappa shape index (κ1) is 7.31. The van der Waals surface area contributed by atoms with Gasteiger partial charge in [0.2, 0.25) is 0 Å². The maximum absolute atomic E-state index is 4.95. The van der Waals surface area contributed by atoms with Gasteiger partial charge in [0.1, 0.15) is 12.4 Å². The summed E-state index contributed by atoms with van der Waals surface area (Å²) in [5.74, 6) is 0.854. The molecule has 0 saturated carbocycles. The number of ether oxygens (including phenoxy) is 1. The summed E-state index contributed by atoms with van der Waals surface area (Å²) in [6.45, 7) is 0.522. The Hall–Kier alpha value is -1.35. The summed E-state index contributed by atoms with van der Waals surface area (Å²) < 4.78 is 4.95. The number of nitrogens with one attached hydrogen (secondary N) is 1. The molecule has 61 valence electrons. The Morgan fingerprint density at radius 2 is 2.58 bits per heavy atom. The highest BCUT2D eigenvalue weighted by atomic mass is 16.5. The molecule has 1 aromatic heterocycles. The zero-order valence-corrected chi connectivity index (χ0v) is 6.79. The molecule has 0 fully saturated rings. The fraction of sp³-hybridized carbons (Fsp3) is 0.222. The molecule has 1 heterocycles. The third-order valence-corrected chi connectivity index (χ3v) is 1.66. The van der Waals surface area contributed by atoms with Crippen molar-refractivity contribution in [2.75, 3.05) is 7.11 Å². The van der Waals surface area contributed by atoms with Crippen molar-refractivity contribution < 1.29 is 4.74 Å². The number of rotatable bonds is 2. The molecule has 1 aromatic carbocycles. The molecule has 0 aliphatic carbocycles. The molecule has 2 aromatic rings. The molecule has 0 atom stereocenters. The zero-order chi connectivity index (χ0) is 8.39. The zero-order valence-electron chi connectivity index (χ0n) is 6.79. The maximum Gasteiger partial charge on any atom is 0.133 e. The topological polar surface area (TPSA) is 37.9 Å². The number of benzene rings is 1. The summed E-state index contributed by atoms with van der Waals surface area (Å²) >= 11 is 0. The summed E-state index contributed by atoms with van der Waals surface area (Å²) in [5.41, 5.74) is 1.96. The van der Waals surface area contributed by atoms with E-state index in [4.69, 9.17) is 4.74 Å². The maximum atomic E-state index is 4.95. The molecule has 0 amide bonds. The number of aromatic nitrogens is 2. The smallest absolute Gasteiger partial charge is 0.133 e. The molecular formula is C9H9N2O.